The van der Waals surface area contributed by atoms with Crippen LogP contribution in [0.2, 0.25) is 0 Å². The summed E-state index contributed by atoms with van der Waals surface area (Å²) in [7, 11) is 0. The van der Waals surface area contributed by atoms with Crippen molar-refractivity contribution in [1.29, 1.82) is 0 Å². The minimum atomic E-state index is -0.499. The van der Waals surface area contributed by atoms with E-state index in [-0.39, 0.29) is 23.0 Å². The Morgan fingerprint density at radius 1 is 0.451 bits per heavy atom. The molecule has 6 nitrogen and oxygen atoms in total. The van der Waals surface area contributed by atoms with Gasteiger partial charge in [0, 0.05) is 55.2 Å². The van der Waals surface area contributed by atoms with E-state index in [9.17, 15) is 0 Å². The van der Waals surface area contributed by atoms with Crippen LogP contribution in [0.4, 0.5) is 0 Å². The fourth-order valence-corrected chi connectivity index (χ4v) is 7.27. The Bertz CT molecular complexity index is 3380. The molecule has 0 aliphatic rings. The van der Waals surface area contributed by atoms with Crippen molar-refractivity contribution in [3.05, 3.63) is 158 Å². The maximum absolute atomic E-state index is 8.77. The van der Waals surface area contributed by atoms with E-state index in [2.05, 4.69) is 53.1 Å². The van der Waals surface area contributed by atoms with Crippen LogP contribution in [0.25, 0.3) is 106 Å². The van der Waals surface area contributed by atoms with Crippen LogP contribution in [0, 0.1) is 0 Å². The van der Waals surface area contributed by atoms with Gasteiger partial charge in [-0.25, -0.2) is 15.0 Å². The van der Waals surface area contributed by atoms with Crippen LogP contribution in [0.15, 0.2) is 166 Å². The molecule has 51 heavy (non-hydrogen) atoms. The fourth-order valence-electron chi connectivity index (χ4n) is 7.27. The fraction of sp³-hybridized carbons (Fsp3) is 0. The SMILES string of the molecule is [2H]c1c([2H])c([2H])c(-c2nc(-c3ccc4c(c3)oc3ccccc34)nc(-c3cccc4c3oc3cc(-n5c6ccccc6c6ccccc65)ccc34)n2)c([2H])c1[2H]. The molecule has 0 spiro atoms. The Labute approximate surface area is 297 Å². The lowest BCUT2D eigenvalue weighted by Gasteiger charge is -2.08. The molecule has 0 atom stereocenters. The molecule has 0 fully saturated rings. The third-order valence-corrected chi connectivity index (χ3v) is 9.56. The zero-order valence-corrected chi connectivity index (χ0v) is 26.7. The summed E-state index contributed by atoms with van der Waals surface area (Å²) in [6.45, 7) is 0. The van der Waals surface area contributed by atoms with Gasteiger partial charge in [0.2, 0.25) is 0 Å². The number of rotatable bonds is 4. The van der Waals surface area contributed by atoms with E-state index in [0.717, 1.165) is 54.6 Å². The summed E-state index contributed by atoms with van der Waals surface area (Å²) in [4.78, 5) is 14.5. The van der Waals surface area contributed by atoms with E-state index < -0.39 is 30.2 Å². The van der Waals surface area contributed by atoms with Crippen LogP contribution >= 0.6 is 0 Å². The molecule has 11 aromatic rings. The number of hydrogen-bond donors (Lipinski definition) is 0. The van der Waals surface area contributed by atoms with Crippen molar-refractivity contribution in [2.24, 2.45) is 0 Å². The molecule has 0 unspecified atom stereocenters. The summed E-state index contributed by atoms with van der Waals surface area (Å²) in [6, 6.07) is 39.8. The van der Waals surface area contributed by atoms with Crippen LogP contribution in [-0.2, 0) is 0 Å². The Morgan fingerprint density at radius 3 is 1.86 bits per heavy atom. The van der Waals surface area contributed by atoms with Gasteiger partial charge in [-0.3, -0.25) is 0 Å². The summed E-state index contributed by atoms with van der Waals surface area (Å²) < 4.78 is 57.6. The highest BCUT2D eigenvalue weighted by atomic mass is 16.3. The molecular formula is C45H26N4O2. The smallest absolute Gasteiger partial charge is 0.167 e. The largest absolute Gasteiger partial charge is 0.456 e. The van der Waals surface area contributed by atoms with E-state index in [0.29, 0.717) is 27.9 Å². The van der Waals surface area contributed by atoms with Crippen LogP contribution in [0.3, 0.4) is 0 Å². The first-order valence-corrected chi connectivity index (χ1v) is 16.5. The molecule has 0 saturated heterocycles. The number of fused-ring (bicyclic) bond motifs is 9. The quantitative estimate of drug-likeness (QED) is 0.188. The number of furan rings is 2. The Kier molecular flexibility index (Phi) is 4.91. The third kappa shape index (κ3) is 4.26. The Hall–Kier alpha value is -7.05. The molecule has 4 aromatic heterocycles. The molecular weight excluding hydrogens is 629 g/mol. The predicted molar refractivity (Wildman–Crippen MR) is 205 cm³/mol. The highest BCUT2D eigenvalue weighted by molar-refractivity contribution is 6.12. The first-order valence-electron chi connectivity index (χ1n) is 19.0. The van der Waals surface area contributed by atoms with Gasteiger partial charge in [0.15, 0.2) is 17.5 Å². The van der Waals surface area contributed by atoms with Crippen molar-refractivity contribution in [3.8, 4) is 39.9 Å². The number of hydrogen-bond acceptors (Lipinski definition) is 5. The summed E-state index contributed by atoms with van der Waals surface area (Å²) in [5, 5.41) is 5.98. The zero-order valence-electron chi connectivity index (χ0n) is 31.7. The van der Waals surface area contributed by atoms with Crippen LogP contribution < -0.4 is 0 Å². The standard InChI is InChI=1S/C45H26N4O2/c1-2-11-27(12-3-1)43-46-44(28-21-23-33-32-15-6-9-20-39(32)50-40(33)25-28)48-45(47-43)36-17-10-16-35-34-24-22-29(26-41(34)51-42(35)36)49-37-18-7-4-13-30(37)31-14-5-8-19-38(31)49/h1-26H/i1D,2D,3D,11D,12D. The van der Waals surface area contributed by atoms with Crippen LogP contribution in [0.5, 0.6) is 0 Å². The second-order valence-electron chi connectivity index (χ2n) is 12.4. The molecule has 0 bridgehead atoms. The van der Waals surface area contributed by atoms with Crippen molar-refractivity contribution in [1.82, 2.24) is 19.5 Å². The van der Waals surface area contributed by atoms with E-state index in [1.54, 1.807) is 0 Å². The number of aromatic nitrogens is 4. The molecule has 0 radical (unpaired) electrons. The molecule has 238 valence electrons. The van der Waals surface area contributed by atoms with Crippen molar-refractivity contribution >= 4 is 65.7 Å². The van der Waals surface area contributed by atoms with Crippen molar-refractivity contribution < 1.29 is 15.7 Å². The molecule has 6 heteroatoms. The topological polar surface area (TPSA) is 69.9 Å². The van der Waals surface area contributed by atoms with Gasteiger partial charge in [0.1, 0.15) is 22.3 Å². The molecule has 0 amide bonds. The van der Waals surface area contributed by atoms with E-state index in [1.165, 1.54) is 0 Å². The minimum Gasteiger partial charge on any atom is -0.456 e. The first-order chi connectivity index (χ1) is 27.3. The molecule has 11 rings (SSSR count). The van der Waals surface area contributed by atoms with Crippen LogP contribution in [-0.4, -0.2) is 19.5 Å². The average Bonchev–Trinajstić information content (AvgIpc) is 3.91. The third-order valence-electron chi connectivity index (χ3n) is 9.56. The maximum Gasteiger partial charge on any atom is 0.167 e. The number of nitrogens with zero attached hydrogens (tertiary/aromatic N) is 4. The lowest BCUT2D eigenvalue weighted by Crippen LogP contribution is -2.00. The second kappa shape index (κ2) is 10.7. The normalized spacial score (nSPS) is 13.3. The van der Waals surface area contributed by atoms with Gasteiger partial charge in [0.05, 0.1) is 23.5 Å². The lowest BCUT2D eigenvalue weighted by molar-refractivity contribution is 0.668. The van der Waals surface area contributed by atoms with Gasteiger partial charge < -0.3 is 13.4 Å². The van der Waals surface area contributed by atoms with Crippen molar-refractivity contribution in [2.75, 3.05) is 0 Å². The average molecular weight is 660 g/mol. The van der Waals surface area contributed by atoms with Crippen molar-refractivity contribution in [2.45, 2.75) is 0 Å². The molecule has 0 aliphatic heterocycles. The maximum atomic E-state index is 8.77. The van der Waals surface area contributed by atoms with Gasteiger partial charge >= 0.3 is 0 Å². The lowest BCUT2D eigenvalue weighted by atomic mass is 10.1. The summed E-state index contributed by atoms with van der Waals surface area (Å²) in [5.74, 6) is 0.392. The Morgan fingerprint density at radius 2 is 1.06 bits per heavy atom. The molecule has 0 saturated carbocycles. The van der Waals surface area contributed by atoms with E-state index >= 15 is 0 Å². The molecule has 0 aliphatic carbocycles. The van der Waals surface area contributed by atoms with Crippen LogP contribution in [0.1, 0.15) is 6.85 Å². The van der Waals surface area contributed by atoms with Gasteiger partial charge in [0.25, 0.3) is 0 Å². The minimum absolute atomic E-state index is 0.0616. The summed E-state index contributed by atoms with van der Waals surface area (Å²) >= 11 is 0. The van der Waals surface area contributed by atoms with Gasteiger partial charge in [-0.2, -0.15) is 0 Å². The van der Waals surface area contributed by atoms with Gasteiger partial charge in [-0.05, 0) is 48.5 Å². The first kappa shape index (κ1) is 23.3. The van der Waals surface area contributed by atoms with Gasteiger partial charge in [-0.15, -0.1) is 0 Å². The summed E-state index contributed by atoms with van der Waals surface area (Å²) in [6.07, 6.45) is 0. The van der Waals surface area contributed by atoms with E-state index in [1.807, 2.05) is 78.9 Å². The highest BCUT2D eigenvalue weighted by Crippen LogP contribution is 2.39. The summed E-state index contributed by atoms with van der Waals surface area (Å²) in [5.41, 5.74) is 6.73. The molecule has 7 aromatic carbocycles. The second-order valence-corrected chi connectivity index (χ2v) is 12.4. The van der Waals surface area contributed by atoms with Gasteiger partial charge in [-0.1, -0.05) is 103 Å². The highest BCUT2D eigenvalue weighted by Gasteiger charge is 2.20. The van der Waals surface area contributed by atoms with Crippen molar-refractivity contribution in [3.63, 3.8) is 0 Å². The van der Waals surface area contributed by atoms with E-state index in [4.69, 9.17) is 30.6 Å². The number of benzene rings is 7. The predicted octanol–water partition coefficient (Wildman–Crippen LogP) is 11.8. The molecule has 4 heterocycles. The molecule has 0 N–H and O–H groups in total. The number of para-hydroxylation sites is 4. The zero-order chi connectivity index (χ0) is 37.8. The monoisotopic (exact) mass is 659 g/mol. The Balaban J connectivity index is 1.14.